The highest BCUT2D eigenvalue weighted by Crippen LogP contribution is 2.43. The lowest BCUT2D eigenvalue weighted by molar-refractivity contribution is -0.0188. The summed E-state index contributed by atoms with van der Waals surface area (Å²) < 4.78 is 14.2. The van der Waals surface area contributed by atoms with E-state index in [1.807, 2.05) is 12.1 Å². The Labute approximate surface area is 199 Å². The molecule has 2 aliphatic heterocycles. The number of aromatic nitrogens is 3. The summed E-state index contributed by atoms with van der Waals surface area (Å²) in [7, 11) is 0. The van der Waals surface area contributed by atoms with E-state index in [0.717, 1.165) is 79.8 Å². The molecule has 1 atom stereocenters. The molecule has 1 aliphatic carbocycles. The smallest absolute Gasteiger partial charge is 0.146 e. The molecule has 6 rings (SSSR count). The second kappa shape index (κ2) is 9.17. The van der Waals surface area contributed by atoms with Crippen LogP contribution in [0.3, 0.4) is 0 Å². The zero-order valence-corrected chi connectivity index (χ0v) is 19.5. The lowest BCUT2D eigenvalue weighted by atomic mass is 9.79. The molecular weight excluding hydrogens is 430 g/mol. The lowest BCUT2D eigenvalue weighted by Crippen LogP contribution is -2.53. The van der Waals surface area contributed by atoms with Gasteiger partial charge in [0, 0.05) is 44.0 Å². The van der Waals surface area contributed by atoms with Crippen LogP contribution < -0.4 is 10.5 Å². The molecule has 3 aromatic rings. The Morgan fingerprint density at radius 1 is 1.18 bits per heavy atom. The van der Waals surface area contributed by atoms with E-state index < -0.39 is 0 Å². The number of anilines is 1. The van der Waals surface area contributed by atoms with Crippen molar-refractivity contribution in [3.63, 3.8) is 0 Å². The van der Waals surface area contributed by atoms with E-state index in [0.29, 0.717) is 24.4 Å². The molecule has 1 aromatic carbocycles. The summed E-state index contributed by atoms with van der Waals surface area (Å²) in [5, 5.41) is 10.4. The van der Waals surface area contributed by atoms with Gasteiger partial charge in [0.05, 0.1) is 17.6 Å². The van der Waals surface area contributed by atoms with Gasteiger partial charge in [-0.3, -0.25) is 4.90 Å². The number of ether oxygens (including phenoxy) is 2. The SMILES string of the molecule is Nc1ncnc2c1c(-c1cccc(OCC3CCCCO3)c1)cn2[C@H]1C[C@@H](CN2CC(O)C2)C1. The Hall–Kier alpha value is -2.68. The Bertz CT molecular complexity index is 1150. The second-order valence-electron chi connectivity index (χ2n) is 10.1. The largest absolute Gasteiger partial charge is 0.491 e. The number of fused-ring (bicyclic) bond motifs is 1. The minimum atomic E-state index is -0.138. The molecule has 3 fully saturated rings. The van der Waals surface area contributed by atoms with Crippen LogP contribution in [0.2, 0.25) is 0 Å². The summed E-state index contributed by atoms with van der Waals surface area (Å²) in [5.74, 6) is 2.01. The summed E-state index contributed by atoms with van der Waals surface area (Å²) in [4.78, 5) is 11.2. The Morgan fingerprint density at radius 3 is 2.85 bits per heavy atom. The quantitative estimate of drug-likeness (QED) is 0.555. The van der Waals surface area contributed by atoms with Gasteiger partial charge in [0.1, 0.15) is 30.1 Å². The van der Waals surface area contributed by atoms with Gasteiger partial charge >= 0.3 is 0 Å². The van der Waals surface area contributed by atoms with Gasteiger partial charge in [0.2, 0.25) is 0 Å². The maximum absolute atomic E-state index is 9.54. The van der Waals surface area contributed by atoms with E-state index in [1.165, 1.54) is 6.42 Å². The van der Waals surface area contributed by atoms with Crippen molar-refractivity contribution in [1.82, 2.24) is 19.4 Å². The number of nitrogens with two attached hydrogens (primary N) is 1. The maximum atomic E-state index is 9.54. The highest BCUT2D eigenvalue weighted by molar-refractivity contribution is 6.00. The van der Waals surface area contributed by atoms with Gasteiger partial charge in [-0.15, -0.1) is 0 Å². The van der Waals surface area contributed by atoms with Crippen molar-refractivity contribution >= 4 is 16.9 Å². The fourth-order valence-corrected chi connectivity index (χ4v) is 5.62. The first-order chi connectivity index (χ1) is 16.6. The third-order valence-electron chi connectivity index (χ3n) is 7.55. The Kier molecular flexibility index (Phi) is 5.89. The van der Waals surface area contributed by atoms with Gasteiger partial charge in [0.15, 0.2) is 0 Å². The second-order valence-corrected chi connectivity index (χ2v) is 10.1. The Balaban J connectivity index is 1.22. The molecule has 4 heterocycles. The Morgan fingerprint density at radius 2 is 2.06 bits per heavy atom. The van der Waals surface area contributed by atoms with Crippen LogP contribution in [-0.2, 0) is 4.74 Å². The standard InChI is InChI=1S/C26H33N5O3/c27-25-24-23(18-4-3-6-21(10-18)34-15-22-5-1-2-7-33-22)14-31(26(24)29-16-28-25)19-8-17(9-19)11-30-12-20(32)13-30/h3-4,6,10,14,16-17,19-20,22,32H,1-2,5,7-9,11-13,15H2,(H2,27,28,29)/t17-,19+,22?. The average Bonchev–Trinajstić information content (AvgIpc) is 3.20. The number of rotatable bonds is 7. The molecule has 1 saturated carbocycles. The van der Waals surface area contributed by atoms with Gasteiger partial charge in [-0.25, -0.2) is 9.97 Å². The lowest BCUT2D eigenvalue weighted by Gasteiger charge is -2.43. The number of nitrogen functional groups attached to an aromatic ring is 1. The molecule has 180 valence electrons. The van der Waals surface area contributed by atoms with Crippen molar-refractivity contribution in [3.8, 4) is 16.9 Å². The summed E-state index contributed by atoms with van der Waals surface area (Å²) in [6.07, 6.45) is 9.41. The zero-order chi connectivity index (χ0) is 23.1. The molecule has 2 saturated heterocycles. The van der Waals surface area contributed by atoms with Crippen molar-refractivity contribution < 1.29 is 14.6 Å². The van der Waals surface area contributed by atoms with E-state index in [1.54, 1.807) is 6.33 Å². The van der Waals surface area contributed by atoms with Crippen molar-refractivity contribution in [3.05, 3.63) is 36.8 Å². The highest BCUT2D eigenvalue weighted by atomic mass is 16.5. The van der Waals surface area contributed by atoms with Crippen LogP contribution in [0, 0.1) is 5.92 Å². The topological polar surface area (TPSA) is 98.7 Å². The molecule has 8 nitrogen and oxygen atoms in total. The van der Waals surface area contributed by atoms with Crippen molar-refractivity contribution in [2.75, 3.05) is 38.6 Å². The molecule has 0 amide bonds. The summed E-state index contributed by atoms with van der Waals surface area (Å²) in [5.41, 5.74) is 9.34. The predicted molar refractivity (Wildman–Crippen MR) is 131 cm³/mol. The monoisotopic (exact) mass is 463 g/mol. The average molecular weight is 464 g/mol. The van der Waals surface area contributed by atoms with Crippen molar-refractivity contribution in [2.24, 2.45) is 5.92 Å². The number of nitrogens with zero attached hydrogens (tertiary/aromatic N) is 4. The third-order valence-corrected chi connectivity index (χ3v) is 7.55. The molecule has 0 radical (unpaired) electrons. The number of benzene rings is 1. The van der Waals surface area contributed by atoms with Gasteiger partial charge in [-0.1, -0.05) is 12.1 Å². The number of aliphatic hydroxyl groups excluding tert-OH is 1. The first kappa shape index (κ1) is 21.8. The molecule has 34 heavy (non-hydrogen) atoms. The molecule has 0 bridgehead atoms. The van der Waals surface area contributed by atoms with Gasteiger partial charge < -0.3 is 24.9 Å². The van der Waals surface area contributed by atoms with Crippen molar-refractivity contribution in [1.29, 1.82) is 0 Å². The molecule has 3 N–H and O–H groups in total. The molecule has 1 unspecified atom stereocenters. The van der Waals surface area contributed by atoms with Crippen molar-refractivity contribution in [2.45, 2.75) is 50.4 Å². The maximum Gasteiger partial charge on any atom is 0.146 e. The molecule has 0 spiro atoms. The minimum Gasteiger partial charge on any atom is -0.491 e. The fourth-order valence-electron chi connectivity index (χ4n) is 5.62. The van der Waals surface area contributed by atoms with E-state index in [2.05, 4.69) is 37.8 Å². The van der Waals surface area contributed by atoms with Crippen LogP contribution in [0.15, 0.2) is 36.8 Å². The van der Waals surface area contributed by atoms with E-state index in [4.69, 9.17) is 15.2 Å². The summed E-state index contributed by atoms with van der Waals surface area (Å²) >= 11 is 0. The van der Waals surface area contributed by atoms with Gasteiger partial charge in [-0.2, -0.15) is 0 Å². The van der Waals surface area contributed by atoms with Crippen LogP contribution in [0.5, 0.6) is 5.75 Å². The minimum absolute atomic E-state index is 0.138. The van der Waals surface area contributed by atoms with Gasteiger partial charge in [0.25, 0.3) is 0 Å². The van der Waals surface area contributed by atoms with Crippen LogP contribution in [-0.4, -0.2) is 69.6 Å². The van der Waals surface area contributed by atoms with Gasteiger partial charge in [-0.05, 0) is 55.7 Å². The molecule has 2 aromatic heterocycles. The van der Waals surface area contributed by atoms with Crippen LogP contribution in [0.4, 0.5) is 5.82 Å². The number of β-amino-alcohol motifs (C(OH)–C–C–N with tert-alkyl or cyclic N) is 1. The first-order valence-corrected chi connectivity index (χ1v) is 12.5. The zero-order valence-electron chi connectivity index (χ0n) is 19.5. The molecule has 8 heteroatoms. The fraction of sp³-hybridized carbons (Fsp3) is 0.538. The number of hydrogen-bond donors (Lipinski definition) is 2. The third kappa shape index (κ3) is 4.26. The number of likely N-dealkylation sites (tertiary alicyclic amines) is 1. The van der Waals surface area contributed by atoms with E-state index in [9.17, 15) is 5.11 Å². The van der Waals surface area contributed by atoms with E-state index in [-0.39, 0.29) is 12.2 Å². The van der Waals surface area contributed by atoms with Crippen LogP contribution in [0.1, 0.15) is 38.1 Å². The molecule has 3 aliphatic rings. The number of aliphatic hydroxyl groups is 1. The normalized spacial score (nSPS) is 25.7. The van der Waals surface area contributed by atoms with Crippen LogP contribution in [0.25, 0.3) is 22.2 Å². The number of hydrogen-bond acceptors (Lipinski definition) is 7. The predicted octanol–water partition coefficient (Wildman–Crippen LogP) is 3.26. The first-order valence-electron chi connectivity index (χ1n) is 12.5. The summed E-state index contributed by atoms with van der Waals surface area (Å²) in [6.45, 7) is 4.10. The molecular formula is C26H33N5O3. The highest BCUT2D eigenvalue weighted by Gasteiger charge is 2.36. The van der Waals surface area contributed by atoms with E-state index >= 15 is 0 Å². The van der Waals surface area contributed by atoms with Crippen LogP contribution >= 0.6 is 0 Å². The summed E-state index contributed by atoms with van der Waals surface area (Å²) in [6, 6.07) is 8.59.